The van der Waals surface area contributed by atoms with Crippen LogP contribution in [0.5, 0.6) is 0 Å². The van der Waals surface area contributed by atoms with Crippen molar-refractivity contribution in [2.75, 3.05) is 19.7 Å². The molecule has 0 saturated carbocycles. The molecule has 2 N–H and O–H groups in total. The lowest BCUT2D eigenvalue weighted by Gasteiger charge is -2.31. The molecule has 0 bridgehead atoms. The van der Waals surface area contributed by atoms with Gasteiger partial charge >= 0.3 is 0 Å². The monoisotopic (exact) mass is 341 g/mol. The molecule has 6 heteroatoms. The Balaban J connectivity index is 1.94. The zero-order valence-electron chi connectivity index (χ0n) is 14.8. The highest BCUT2D eigenvalue weighted by Gasteiger charge is 2.30. The molecule has 1 fully saturated rings. The van der Waals surface area contributed by atoms with Gasteiger partial charge in [0.25, 0.3) is 5.91 Å². The molecule has 1 atom stereocenters. The molecule has 0 spiro atoms. The third kappa shape index (κ3) is 3.17. The Hall–Kier alpha value is -2.60. The lowest BCUT2D eigenvalue weighted by Crippen LogP contribution is -2.50. The first-order chi connectivity index (χ1) is 11.9. The van der Waals surface area contributed by atoms with Crippen molar-refractivity contribution in [3.05, 3.63) is 52.8 Å². The van der Waals surface area contributed by atoms with Crippen LogP contribution in [0, 0.1) is 20.8 Å². The number of morpholine rings is 1. The van der Waals surface area contributed by atoms with E-state index in [-0.39, 0.29) is 12.5 Å². The Labute approximate surface area is 147 Å². The Morgan fingerprint density at radius 1 is 1.20 bits per heavy atom. The van der Waals surface area contributed by atoms with Gasteiger partial charge in [0.05, 0.1) is 18.7 Å². The van der Waals surface area contributed by atoms with E-state index in [9.17, 15) is 9.59 Å². The molecule has 2 aromatic rings. The average molecular weight is 341 g/mol. The molecule has 1 saturated heterocycles. The molecule has 2 amide bonds. The van der Waals surface area contributed by atoms with Crippen molar-refractivity contribution < 1.29 is 14.3 Å². The number of hydrogen-bond acceptors (Lipinski definition) is 3. The molecular formula is C19H23N3O3. The van der Waals surface area contributed by atoms with Crippen molar-refractivity contribution in [3.8, 4) is 5.69 Å². The number of benzene rings is 1. The van der Waals surface area contributed by atoms with Crippen LogP contribution in [-0.4, -0.2) is 47.1 Å². The minimum absolute atomic E-state index is 0.0949. The van der Waals surface area contributed by atoms with Crippen LogP contribution in [-0.2, 0) is 9.53 Å². The van der Waals surface area contributed by atoms with Crippen LogP contribution in [0.2, 0.25) is 0 Å². The highest BCUT2D eigenvalue weighted by atomic mass is 16.5. The van der Waals surface area contributed by atoms with Gasteiger partial charge in [-0.3, -0.25) is 9.59 Å². The molecule has 6 nitrogen and oxygen atoms in total. The highest BCUT2D eigenvalue weighted by molar-refractivity contribution is 5.96. The standard InChI is InChI=1S/C19H23N3O3/c1-12-6-4-5-7-16(12)22-13(2)10-15(14(22)3)19(24)21-8-9-25-17(11-21)18(20)23/h4-7,10,17H,8-9,11H2,1-3H3,(H2,20,23)/t17-/m1/s1. The normalized spacial score (nSPS) is 17.6. The predicted octanol–water partition coefficient (Wildman–Crippen LogP) is 1.73. The van der Waals surface area contributed by atoms with Crippen molar-refractivity contribution in [1.29, 1.82) is 0 Å². The molecule has 0 radical (unpaired) electrons. The zero-order chi connectivity index (χ0) is 18.1. The molecule has 1 aliphatic rings. The van der Waals surface area contributed by atoms with E-state index in [1.165, 1.54) is 0 Å². The largest absolute Gasteiger partial charge is 0.367 e. The summed E-state index contributed by atoms with van der Waals surface area (Å²) in [5.74, 6) is -0.634. The van der Waals surface area contributed by atoms with Crippen molar-refractivity contribution in [1.82, 2.24) is 9.47 Å². The van der Waals surface area contributed by atoms with E-state index < -0.39 is 12.0 Å². The fourth-order valence-corrected chi connectivity index (χ4v) is 3.34. The Bertz CT molecular complexity index is 825. The maximum atomic E-state index is 13.0. The van der Waals surface area contributed by atoms with Crippen LogP contribution < -0.4 is 5.73 Å². The third-order valence-electron chi connectivity index (χ3n) is 4.69. The van der Waals surface area contributed by atoms with E-state index in [0.29, 0.717) is 18.7 Å². The first kappa shape index (κ1) is 17.2. The van der Waals surface area contributed by atoms with Gasteiger partial charge in [-0.2, -0.15) is 0 Å². The summed E-state index contributed by atoms with van der Waals surface area (Å²) in [5.41, 5.74) is 10.0. The number of aromatic nitrogens is 1. The van der Waals surface area contributed by atoms with Gasteiger partial charge in [0.2, 0.25) is 5.91 Å². The van der Waals surface area contributed by atoms with Crippen LogP contribution >= 0.6 is 0 Å². The minimum Gasteiger partial charge on any atom is -0.367 e. The van der Waals surface area contributed by atoms with Gasteiger partial charge in [-0.15, -0.1) is 0 Å². The number of nitrogens with zero attached hydrogens (tertiary/aromatic N) is 2. The smallest absolute Gasteiger partial charge is 0.255 e. The lowest BCUT2D eigenvalue weighted by atomic mass is 10.1. The summed E-state index contributed by atoms with van der Waals surface area (Å²) < 4.78 is 7.42. The Morgan fingerprint density at radius 3 is 2.60 bits per heavy atom. The summed E-state index contributed by atoms with van der Waals surface area (Å²) in [6.07, 6.45) is -0.738. The van der Waals surface area contributed by atoms with E-state index in [1.807, 2.05) is 38.1 Å². The fraction of sp³-hybridized carbons (Fsp3) is 0.368. The fourth-order valence-electron chi connectivity index (χ4n) is 3.34. The summed E-state index contributed by atoms with van der Waals surface area (Å²) in [6, 6.07) is 9.98. The van der Waals surface area contributed by atoms with Crippen molar-refractivity contribution in [2.45, 2.75) is 26.9 Å². The Kier molecular flexibility index (Phi) is 4.63. The van der Waals surface area contributed by atoms with E-state index in [4.69, 9.17) is 10.5 Å². The van der Waals surface area contributed by atoms with Gasteiger partial charge in [0.15, 0.2) is 6.10 Å². The number of rotatable bonds is 3. The number of para-hydroxylation sites is 1. The predicted molar refractivity (Wildman–Crippen MR) is 94.8 cm³/mol. The number of amides is 2. The lowest BCUT2D eigenvalue weighted by molar-refractivity contribution is -0.133. The van der Waals surface area contributed by atoms with Gasteiger partial charge < -0.3 is 19.9 Å². The third-order valence-corrected chi connectivity index (χ3v) is 4.69. The maximum absolute atomic E-state index is 13.0. The summed E-state index contributed by atoms with van der Waals surface area (Å²) in [5, 5.41) is 0. The molecule has 2 heterocycles. The molecule has 0 unspecified atom stereocenters. The quantitative estimate of drug-likeness (QED) is 0.923. The average Bonchev–Trinajstić information content (AvgIpc) is 2.89. The molecule has 3 rings (SSSR count). The second kappa shape index (κ2) is 6.72. The summed E-state index contributed by atoms with van der Waals surface area (Å²) in [7, 11) is 0. The number of ether oxygens (including phenoxy) is 1. The molecular weight excluding hydrogens is 318 g/mol. The van der Waals surface area contributed by atoms with E-state index in [1.54, 1.807) is 4.90 Å². The van der Waals surface area contributed by atoms with E-state index in [0.717, 1.165) is 22.6 Å². The van der Waals surface area contributed by atoms with Crippen LogP contribution in [0.3, 0.4) is 0 Å². The van der Waals surface area contributed by atoms with Crippen LogP contribution in [0.4, 0.5) is 0 Å². The number of carbonyl (C=O) groups is 2. The molecule has 0 aliphatic carbocycles. The van der Waals surface area contributed by atoms with Gasteiger partial charge in [0.1, 0.15) is 0 Å². The van der Waals surface area contributed by atoms with Crippen LogP contribution in [0.1, 0.15) is 27.3 Å². The van der Waals surface area contributed by atoms with Crippen molar-refractivity contribution >= 4 is 11.8 Å². The molecule has 132 valence electrons. The second-order valence-electron chi connectivity index (χ2n) is 6.42. The zero-order valence-corrected chi connectivity index (χ0v) is 14.8. The first-order valence-electron chi connectivity index (χ1n) is 8.35. The highest BCUT2D eigenvalue weighted by Crippen LogP contribution is 2.24. The number of aryl methyl sites for hydroxylation is 2. The maximum Gasteiger partial charge on any atom is 0.255 e. The number of nitrogens with two attached hydrogens (primary N) is 1. The number of hydrogen-bond donors (Lipinski definition) is 1. The van der Waals surface area contributed by atoms with Crippen LogP contribution in [0.15, 0.2) is 30.3 Å². The van der Waals surface area contributed by atoms with Crippen molar-refractivity contribution in [2.24, 2.45) is 5.73 Å². The first-order valence-corrected chi connectivity index (χ1v) is 8.35. The van der Waals surface area contributed by atoms with Crippen LogP contribution in [0.25, 0.3) is 5.69 Å². The summed E-state index contributed by atoms with van der Waals surface area (Å²) in [6.45, 7) is 6.95. The van der Waals surface area contributed by atoms with E-state index in [2.05, 4.69) is 17.6 Å². The van der Waals surface area contributed by atoms with Gasteiger partial charge in [-0.1, -0.05) is 18.2 Å². The SMILES string of the molecule is Cc1ccccc1-n1c(C)cc(C(=O)N2CCO[C@@H](C(N)=O)C2)c1C. The molecule has 1 aromatic heterocycles. The molecule has 25 heavy (non-hydrogen) atoms. The topological polar surface area (TPSA) is 77.6 Å². The van der Waals surface area contributed by atoms with E-state index >= 15 is 0 Å². The van der Waals surface area contributed by atoms with Crippen molar-refractivity contribution in [3.63, 3.8) is 0 Å². The summed E-state index contributed by atoms with van der Waals surface area (Å²) in [4.78, 5) is 26.0. The van der Waals surface area contributed by atoms with Gasteiger partial charge in [0, 0.05) is 23.6 Å². The number of carbonyl (C=O) groups excluding carboxylic acids is 2. The second-order valence-corrected chi connectivity index (χ2v) is 6.42. The van der Waals surface area contributed by atoms with Gasteiger partial charge in [-0.05, 0) is 38.5 Å². The number of primary amides is 1. The van der Waals surface area contributed by atoms with Gasteiger partial charge in [-0.25, -0.2) is 0 Å². The summed E-state index contributed by atoms with van der Waals surface area (Å²) >= 11 is 0. The Morgan fingerprint density at radius 2 is 1.92 bits per heavy atom. The molecule has 1 aliphatic heterocycles. The minimum atomic E-state index is -0.738. The molecule has 1 aromatic carbocycles.